The maximum atomic E-state index is 10.9. The molecule has 13 heavy (non-hydrogen) atoms. The fourth-order valence-corrected chi connectivity index (χ4v) is 0.648. The van der Waals surface area contributed by atoms with Crippen molar-refractivity contribution in [2.75, 3.05) is 6.61 Å². The Hall–Kier alpha value is -0.570. The van der Waals surface area contributed by atoms with Gasteiger partial charge in [0.05, 0.1) is 6.61 Å². The summed E-state index contributed by atoms with van der Waals surface area (Å²) < 4.78 is 6.40. The summed E-state index contributed by atoms with van der Waals surface area (Å²) in [6.07, 6.45) is -7.61. The second-order valence-corrected chi connectivity index (χ2v) is 2.49. The van der Waals surface area contributed by atoms with Crippen molar-refractivity contribution in [1.82, 2.24) is 0 Å². The molecule has 0 fully saturated rings. The van der Waals surface area contributed by atoms with Gasteiger partial charge in [-0.05, 0) is 0 Å². The molecule has 78 valence electrons. The second kappa shape index (κ2) is 5.22. The molecule has 0 aliphatic heterocycles. The quantitative estimate of drug-likeness (QED) is 0.237. The predicted molar refractivity (Wildman–Crippen MR) is 40.3 cm³/mol. The van der Waals surface area contributed by atoms with E-state index >= 15 is 0 Å². The standard InChI is InChI=1S/C6H13NO6/c7-6(13)5(12)4(11)3(10)2(9)1-8/h2-4,6,8-11,13H,1,7H2/t2-,3-,4+,6?/m1/s1/i/hD. The van der Waals surface area contributed by atoms with Crippen LogP contribution in [0.2, 0.25) is 1.41 Å². The van der Waals surface area contributed by atoms with Crippen molar-refractivity contribution in [3.63, 3.8) is 0 Å². The van der Waals surface area contributed by atoms with Crippen LogP contribution >= 0.6 is 0 Å². The Morgan fingerprint density at radius 3 is 2.31 bits per heavy atom. The summed E-state index contributed by atoms with van der Waals surface area (Å²) in [5, 5.41) is 44.0. The smallest absolute Gasteiger partial charge is 0.206 e. The van der Waals surface area contributed by atoms with E-state index in [-0.39, 0.29) is 0 Å². The van der Waals surface area contributed by atoms with Crippen molar-refractivity contribution in [3.8, 4) is 0 Å². The van der Waals surface area contributed by atoms with Crippen molar-refractivity contribution in [1.29, 1.82) is 0 Å². The fraction of sp³-hybridized carbons (Fsp3) is 0.833. The van der Waals surface area contributed by atoms with Gasteiger partial charge in [-0.1, -0.05) is 0 Å². The van der Waals surface area contributed by atoms with E-state index < -0.39 is 36.9 Å². The summed E-state index contributed by atoms with van der Waals surface area (Å²) in [7, 11) is 0. The van der Waals surface area contributed by atoms with Crippen molar-refractivity contribution in [3.05, 3.63) is 0 Å². The van der Waals surface area contributed by atoms with Gasteiger partial charge in [0.25, 0.3) is 0 Å². The SMILES string of the molecule is [2H]NC(O)C(=O)[C@@H](O)[C@H](O)[C@H](O)CO. The summed E-state index contributed by atoms with van der Waals surface area (Å²) in [4.78, 5) is 10.9. The molecule has 0 aliphatic rings. The monoisotopic (exact) mass is 196 g/mol. The van der Waals surface area contributed by atoms with Crippen LogP contribution in [0.1, 0.15) is 0 Å². The van der Waals surface area contributed by atoms with Crippen molar-refractivity contribution in [2.45, 2.75) is 24.5 Å². The minimum atomic E-state index is -2.06. The van der Waals surface area contributed by atoms with E-state index in [0.717, 1.165) is 0 Å². The minimum Gasteiger partial charge on any atom is -0.394 e. The highest BCUT2D eigenvalue weighted by Crippen LogP contribution is 2.02. The Morgan fingerprint density at radius 1 is 1.38 bits per heavy atom. The highest BCUT2D eigenvalue weighted by Gasteiger charge is 2.32. The predicted octanol–water partition coefficient (Wildman–Crippen LogP) is -4.09. The van der Waals surface area contributed by atoms with E-state index in [1.54, 1.807) is 0 Å². The number of nitrogens with two attached hydrogens (primary N) is 1. The first-order chi connectivity index (χ1) is 6.45. The number of Topliss-reactive ketones (excluding diaryl/α,β-unsaturated/α-hetero) is 1. The molecular weight excluding hydrogens is 182 g/mol. The van der Waals surface area contributed by atoms with Gasteiger partial charge < -0.3 is 25.5 Å². The van der Waals surface area contributed by atoms with Gasteiger partial charge in [0, 0.05) is 0 Å². The van der Waals surface area contributed by atoms with E-state index in [1.165, 1.54) is 5.73 Å². The molecule has 0 heterocycles. The summed E-state index contributed by atoms with van der Waals surface area (Å²) in [6.45, 7) is -0.837. The van der Waals surface area contributed by atoms with Gasteiger partial charge in [0.1, 0.15) is 19.7 Å². The third-order valence-electron chi connectivity index (χ3n) is 1.47. The number of rotatable bonds is 6. The van der Waals surface area contributed by atoms with E-state index in [2.05, 4.69) is 0 Å². The first kappa shape index (κ1) is 10.5. The van der Waals surface area contributed by atoms with Crippen LogP contribution in [0.15, 0.2) is 0 Å². The van der Waals surface area contributed by atoms with Crippen molar-refractivity contribution in [2.24, 2.45) is 5.73 Å². The van der Waals surface area contributed by atoms with E-state index in [0.29, 0.717) is 0 Å². The summed E-state index contributed by atoms with van der Waals surface area (Å²) in [6, 6.07) is 0. The molecule has 7 nitrogen and oxygen atoms in total. The Labute approximate surface area is 75.5 Å². The van der Waals surface area contributed by atoms with Crippen molar-refractivity contribution >= 4 is 5.78 Å². The van der Waals surface area contributed by atoms with Gasteiger partial charge in [-0.2, -0.15) is 0 Å². The molecule has 7 N–H and O–H groups in total. The van der Waals surface area contributed by atoms with Crippen LogP contribution in [0.5, 0.6) is 0 Å². The molecule has 0 rings (SSSR count). The molecule has 0 radical (unpaired) electrons. The third kappa shape index (κ3) is 3.35. The molecule has 0 aromatic rings. The minimum absolute atomic E-state index is 0.837. The number of hydrogen-bond donors (Lipinski definition) is 6. The van der Waals surface area contributed by atoms with Crippen LogP contribution in [0.3, 0.4) is 0 Å². The number of carbonyl (C=O) groups excluding carboxylic acids is 1. The summed E-state index contributed by atoms with van der Waals surface area (Å²) in [5.41, 5.74) is 1.40. The average Bonchev–Trinajstić information content (AvgIpc) is 2.23. The van der Waals surface area contributed by atoms with E-state index in [9.17, 15) is 4.79 Å². The molecule has 7 heteroatoms. The zero-order chi connectivity index (χ0) is 11.3. The van der Waals surface area contributed by atoms with Crippen molar-refractivity contribution < 1.29 is 31.7 Å². The molecular formula is C6H13NO6. The topological polar surface area (TPSA) is 144 Å². The van der Waals surface area contributed by atoms with Gasteiger partial charge in [0.2, 0.25) is 5.78 Å². The first-order valence-electron chi connectivity index (χ1n) is 3.99. The van der Waals surface area contributed by atoms with Crippen LogP contribution in [0.4, 0.5) is 0 Å². The van der Waals surface area contributed by atoms with Gasteiger partial charge in [-0.3, -0.25) is 10.5 Å². The second-order valence-electron chi connectivity index (χ2n) is 2.49. The Balaban J connectivity index is 4.30. The lowest BCUT2D eigenvalue weighted by Crippen LogP contribution is -2.49. The number of ketones is 1. The number of hydrogen-bond acceptors (Lipinski definition) is 7. The highest BCUT2D eigenvalue weighted by molar-refractivity contribution is 5.86. The molecule has 0 saturated carbocycles. The summed E-state index contributed by atoms with van der Waals surface area (Å²) >= 11 is 0. The molecule has 0 amide bonds. The highest BCUT2D eigenvalue weighted by atomic mass is 16.4. The maximum absolute atomic E-state index is 10.9. The number of aliphatic hydroxyl groups is 5. The Kier molecular flexibility index (Phi) is 4.22. The molecule has 0 saturated heterocycles. The lowest BCUT2D eigenvalue weighted by Gasteiger charge is -2.20. The molecule has 0 aromatic carbocycles. The van der Waals surface area contributed by atoms with Gasteiger partial charge in [0.15, 0.2) is 6.23 Å². The van der Waals surface area contributed by atoms with Crippen LogP contribution in [-0.2, 0) is 4.79 Å². The Morgan fingerprint density at radius 2 is 1.92 bits per heavy atom. The molecule has 0 aromatic heterocycles. The fourth-order valence-electron chi connectivity index (χ4n) is 0.648. The number of carbonyl (C=O) groups is 1. The lowest BCUT2D eigenvalue weighted by atomic mass is 10.0. The zero-order valence-corrected chi connectivity index (χ0v) is 6.66. The zero-order valence-electron chi connectivity index (χ0n) is 7.66. The maximum Gasteiger partial charge on any atom is 0.206 e. The molecule has 1 unspecified atom stereocenters. The molecule has 0 spiro atoms. The van der Waals surface area contributed by atoms with Crippen LogP contribution < -0.4 is 5.73 Å². The summed E-state index contributed by atoms with van der Waals surface area (Å²) in [5.74, 6) is -1.26. The van der Waals surface area contributed by atoms with Crippen LogP contribution in [0.25, 0.3) is 0 Å². The number of aliphatic hydroxyl groups excluding tert-OH is 5. The molecule has 0 aliphatic carbocycles. The molecule has 0 bridgehead atoms. The van der Waals surface area contributed by atoms with Gasteiger partial charge in [-0.15, -0.1) is 0 Å². The van der Waals surface area contributed by atoms with Gasteiger partial charge in [-0.25, -0.2) is 0 Å². The first-order valence-corrected chi connectivity index (χ1v) is 3.49. The average molecular weight is 196 g/mol. The third-order valence-corrected chi connectivity index (χ3v) is 1.47. The lowest BCUT2D eigenvalue weighted by molar-refractivity contribution is -0.148. The van der Waals surface area contributed by atoms with E-state index in [4.69, 9.17) is 26.9 Å². The van der Waals surface area contributed by atoms with E-state index in [1.807, 2.05) is 0 Å². The van der Waals surface area contributed by atoms with Gasteiger partial charge >= 0.3 is 0 Å². The van der Waals surface area contributed by atoms with Crippen LogP contribution in [0, 0.1) is 0 Å². The largest absolute Gasteiger partial charge is 0.394 e. The Bertz CT molecular complexity index is 191. The van der Waals surface area contributed by atoms with Crippen LogP contribution in [-0.4, -0.2) is 62.5 Å². The molecule has 4 atom stereocenters. The normalized spacial score (nSPS) is 21.5.